The molecule has 0 amide bonds. The average molecular weight is 158 g/mol. The quantitative estimate of drug-likeness (QED) is 0.572. The fourth-order valence-corrected chi connectivity index (χ4v) is 1.10. The topological polar surface area (TPSA) is 54.0 Å². The van der Waals surface area contributed by atoms with Gasteiger partial charge in [-0.3, -0.25) is 0 Å². The highest BCUT2D eigenvalue weighted by atomic mass is 15.2. The van der Waals surface area contributed by atoms with Crippen LogP contribution in [0.15, 0.2) is 18.5 Å². The Labute approximate surface area is 69.1 Å². The lowest BCUT2D eigenvalue weighted by atomic mass is 10.3. The number of hydrogen-bond donors (Lipinski definition) is 0. The Morgan fingerprint density at radius 2 is 2.42 bits per heavy atom. The van der Waals surface area contributed by atoms with Crippen LogP contribution in [0.5, 0.6) is 0 Å². The van der Waals surface area contributed by atoms with Crippen LogP contribution in [-0.2, 0) is 0 Å². The third-order valence-electron chi connectivity index (χ3n) is 1.69. The van der Waals surface area contributed by atoms with Crippen LogP contribution in [0.4, 0.5) is 0 Å². The van der Waals surface area contributed by atoms with Gasteiger partial charge in [0.15, 0.2) is 5.65 Å². The Morgan fingerprint density at radius 1 is 1.58 bits per heavy atom. The van der Waals surface area contributed by atoms with Crippen molar-refractivity contribution in [1.29, 1.82) is 5.26 Å². The summed E-state index contributed by atoms with van der Waals surface area (Å²) in [4.78, 5) is 4.07. The normalized spacial score (nSPS) is 10.0. The molecule has 0 spiro atoms. The van der Waals surface area contributed by atoms with Gasteiger partial charge in [-0.05, 0) is 13.0 Å². The van der Waals surface area contributed by atoms with Gasteiger partial charge >= 0.3 is 0 Å². The Bertz CT molecular complexity index is 463. The third-order valence-corrected chi connectivity index (χ3v) is 1.69. The van der Waals surface area contributed by atoms with Crippen LogP contribution in [0, 0.1) is 18.3 Å². The van der Waals surface area contributed by atoms with E-state index >= 15 is 0 Å². The van der Waals surface area contributed by atoms with E-state index < -0.39 is 0 Å². The Morgan fingerprint density at radius 3 is 3.17 bits per heavy atom. The number of fused-ring (bicyclic) bond motifs is 1. The molecule has 0 unspecified atom stereocenters. The first-order valence-corrected chi connectivity index (χ1v) is 3.52. The first-order valence-electron chi connectivity index (χ1n) is 3.52. The predicted molar refractivity (Wildman–Crippen MR) is 42.4 cm³/mol. The van der Waals surface area contributed by atoms with Gasteiger partial charge in [-0.1, -0.05) is 0 Å². The van der Waals surface area contributed by atoms with Crippen LogP contribution < -0.4 is 0 Å². The second kappa shape index (κ2) is 2.31. The lowest BCUT2D eigenvalue weighted by Crippen LogP contribution is -1.94. The van der Waals surface area contributed by atoms with E-state index in [9.17, 15) is 0 Å². The molecule has 0 aliphatic heterocycles. The van der Waals surface area contributed by atoms with Crippen LogP contribution >= 0.6 is 0 Å². The van der Waals surface area contributed by atoms with E-state index in [0.717, 1.165) is 5.69 Å². The Kier molecular flexibility index (Phi) is 1.31. The van der Waals surface area contributed by atoms with Crippen LogP contribution in [-0.4, -0.2) is 14.6 Å². The van der Waals surface area contributed by atoms with Gasteiger partial charge in [-0.25, -0.2) is 9.50 Å². The number of aryl methyl sites for hydroxylation is 1. The van der Waals surface area contributed by atoms with Crippen molar-refractivity contribution >= 4 is 5.65 Å². The summed E-state index contributed by atoms with van der Waals surface area (Å²) in [6.07, 6.45) is 3.30. The van der Waals surface area contributed by atoms with Gasteiger partial charge < -0.3 is 0 Å². The molecule has 2 aromatic heterocycles. The van der Waals surface area contributed by atoms with Crippen LogP contribution in [0.3, 0.4) is 0 Å². The molecule has 0 aliphatic rings. The van der Waals surface area contributed by atoms with Crippen molar-refractivity contribution in [2.24, 2.45) is 0 Å². The standard InChI is InChI=1S/C8H6N4/c1-6-5-10-8-7(4-9)2-3-11-12(6)8/h2-3,5H,1H3. The summed E-state index contributed by atoms with van der Waals surface area (Å²) in [7, 11) is 0. The lowest BCUT2D eigenvalue weighted by Gasteiger charge is -1.93. The number of rotatable bonds is 0. The Hall–Kier alpha value is -1.89. The van der Waals surface area contributed by atoms with Crippen molar-refractivity contribution < 1.29 is 0 Å². The number of hydrogen-bond acceptors (Lipinski definition) is 3. The molecule has 0 saturated heterocycles. The van der Waals surface area contributed by atoms with Crippen molar-refractivity contribution in [2.45, 2.75) is 6.92 Å². The zero-order valence-corrected chi connectivity index (χ0v) is 6.52. The van der Waals surface area contributed by atoms with E-state index in [-0.39, 0.29) is 0 Å². The molecule has 0 radical (unpaired) electrons. The van der Waals surface area contributed by atoms with Gasteiger partial charge in [-0.2, -0.15) is 10.4 Å². The molecule has 0 aliphatic carbocycles. The summed E-state index contributed by atoms with van der Waals surface area (Å²) < 4.78 is 1.65. The van der Waals surface area contributed by atoms with Gasteiger partial charge in [0.05, 0.1) is 17.5 Å². The molecule has 0 bridgehead atoms. The number of nitriles is 1. The van der Waals surface area contributed by atoms with E-state index in [0.29, 0.717) is 11.2 Å². The lowest BCUT2D eigenvalue weighted by molar-refractivity contribution is 0.897. The highest BCUT2D eigenvalue weighted by Crippen LogP contribution is 2.07. The van der Waals surface area contributed by atoms with E-state index in [4.69, 9.17) is 5.26 Å². The van der Waals surface area contributed by atoms with Crippen molar-refractivity contribution in [1.82, 2.24) is 14.6 Å². The van der Waals surface area contributed by atoms with Crippen molar-refractivity contribution in [3.63, 3.8) is 0 Å². The second-order valence-electron chi connectivity index (χ2n) is 2.49. The molecule has 58 valence electrons. The molecule has 4 nitrogen and oxygen atoms in total. The maximum absolute atomic E-state index is 8.71. The molecular formula is C8H6N4. The molecular weight excluding hydrogens is 152 g/mol. The maximum atomic E-state index is 8.71. The minimum absolute atomic E-state index is 0.554. The van der Waals surface area contributed by atoms with Crippen molar-refractivity contribution in [3.05, 3.63) is 29.7 Å². The van der Waals surface area contributed by atoms with Gasteiger partial charge in [0.2, 0.25) is 0 Å². The highest BCUT2D eigenvalue weighted by molar-refractivity contribution is 5.54. The van der Waals surface area contributed by atoms with Crippen LogP contribution in [0.2, 0.25) is 0 Å². The molecule has 0 N–H and O–H groups in total. The molecule has 2 rings (SSSR count). The number of nitrogens with zero attached hydrogens (tertiary/aromatic N) is 4. The molecule has 4 heteroatoms. The van der Waals surface area contributed by atoms with Crippen LogP contribution in [0.25, 0.3) is 5.65 Å². The van der Waals surface area contributed by atoms with Gasteiger partial charge in [0, 0.05) is 6.20 Å². The Balaban J connectivity index is 2.92. The molecule has 0 fully saturated rings. The monoisotopic (exact) mass is 158 g/mol. The predicted octanol–water partition coefficient (Wildman–Crippen LogP) is 0.909. The van der Waals surface area contributed by atoms with Crippen LogP contribution in [0.1, 0.15) is 11.3 Å². The average Bonchev–Trinajstić information content (AvgIpc) is 2.48. The molecule has 0 aromatic carbocycles. The first kappa shape index (κ1) is 6.80. The van der Waals surface area contributed by atoms with Crippen molar-refractivity contribution in [2.75, 3.05) is 0 Å². The molecule has 2 aromatic rings. The zero-order valence-electron chi connectivity index (χ0n) is 6.52. The summed E-state index contributed by atoms with van der Waals surface area (Å²) in [6, 6.07) is 3.71. The van der Waals surface area contributed by atoms with E-state index in [1.165, 1.54) is 0 Å². The fraction of sp³-hybridized carbons (Fsp3) is 0.125. The smallest absolute Gasteiger partial charge is 0.171 e. The summed E-state index contributed by atoms with van der Waals surface area (Å²) in [6.45, 7) is 1.90. The van der Waals surface area contributed by atoms with Gasteiger partial charge in [0.25, 0.3) is 0 Å². The molecule has 2 heterocycles. The van der Waals surface area contributed by atoms with Crippen molar-refractivity contribution in [3.8, 4) is 6.07 Å². The zero-order chi connectivity index (χ0) is 8.55. The molecule has 12 heavy (non-hydrogen) atoms. The molecule has 0 saturated carbocycles. The maximum Gasteiger partial charge on any atom is 0.171 e. The number of imidazole rings is 1. The fourth-order valence-electron chi connectivity index (χ4n) is 1.10. The highest BCUT2D eigenvalue weighted by Gasteiger charge is 2.03. The largest absolute Gasteiger partial charge is 0.234 e. The minimum Gasteiger partial charge on any atom is -0.234 e. The first-order chi connectivity index (χ1) is 5.83. The van der Waals surface area contributed by atoms with Gasteiger partial charge in [-0.15, -0.1) is 0 Å². The van der Waals surface area contributed by atoms with E-state index in [1.807, 2.05) is 6.92 Å². The summed E-state index contributed by atoms with van der Waals surface area (Å²) >= 11 is 0. The summed E-state index contributed by atoms with van der Waals surface area (Å²) in [5.41, 5.74) is 2.11. The SMILES string of the molecule is Cc1cnc2c(C#N)ccnn12. The summed E-state index contributed by atoms with van der Waals surface area (Å²) in [5, 5.41) is 12.8. The van der Waals surface area contributed by atoms with Gasteiger partial charge in [0.1, 0.15) is 6.07 Å². The third kappa shape index (κ3) is 0.768. The van der Waals surface area contributed by atoms with E-state index in [2.05, 4.69) is 16.2 Å². The van der Waals surface area contributed by atoms with E-state index in [1.54, 1.807) is 23.0 Å². The number of aromatic nitrogens is 3. The summed E-state index contributed by atoms with van der Waals surface area (Å²) in [5.74, 6) is 0. The molecule has 0 atom stereocenters. The minimum atomic E-state index is 0.554. The second-order valence-corrected chi connectivity index (χ2v) is 2.49.